The molecule has 2 rings (SSSR count). The fraction of sp³-hybridized carbons (Fsp3) is 0.652. The Morgan fingerprint density at radius 2 is 1.61 bits per heavy atom. The Hall–Kier alpha value is -1.91. The van der Waals surface area contributed by atoms with Gasteiger partial charge in [0.25, 0.3) is 0 Å². The molecule has 1 saturated heterocycles. The fourth-order valence-electron chi connectivity index (χ4n) is 3.72. The standard InChI is InChI=1S/C23H35FN2O2/c1-2-3-4-5-6-7-8-9-10-11-22(27)26-17-16-19(18-26)23(28)25-21-14-12-20(24)13-15-21/h12-15,19H,2-11,16-18H2,1H3,(H,25,28). The topological polar surface area (TPSA) is 49.4 Å². The van der Waals surface area contributed by atoms with Gasteiger partial charge in [-0.1, -0.05) is 58.3 Å². The molecule has 5 heteroatoms. The first kappa shape index (κ1) is 22.4. The van der Waals surface area contributed by atoms with E-state index in [1.165, 1.54) is 57.1 Å². The first-order valence-corrected chi connectivity index (χ1v) is 10.9. The van der Waals surface area contributed by atoms with Gasteiger partial charge in [-0.2, -0.15) is 0 Å². The number of hydrogen-bond acceptors (Lipinski definition) is 2. The first-order valence-electron chi connectivity index (χ1n) is 10.9. The summed E-state index contributed by atoms with van der Waals surface area (Å²) in [6, 6.07) is 5.75. The lowest BCUT2D eigenvalue weighted by atomic mass is 10.1. The number of benzene rings is 1. The van der Waals surface area contributed by atoms with Gasteiger partial charge in [-0.05, 0) is 37.1 Å². The van der Waals surface area contributed by atoms with E-state index in [2.05, 4.69) is 12.2 Å². The summed E-state index contributed by atoms with van der Waals surface area (Å²) in [6.07, 6.45) is 12.4. The predicted octanol–water partition coefficient (Wildman–Crippen LogP) is 5.53. The Labute approximate surface area is 168 Å². The van der Waals surface area contributed by atoms with Gasteiger partial charge in [0.15, 0.2) is 0 Å². The van der Waals surface area contributed by atoms with E-state index in [0.717, 1.165) is 12.8 Å². The van der Waals surface area contributed by atoms with Crippen molar-refractivity contribution in [2.24, 2.45) is 5.92 Å². The van der Waals surface area contributed by atoms with Crippen molar-refractivity contribution >= 4 is 17.5 Å². The number of rotatable bonds is 12. The van der Waals surface area contributed by atoms with E-state index in [0.29, 0.717) is 31.6 Å². The number of nitrogens with zero attached hydrogens (tertiary/aromatic N) is 1. The highest BCUT2D eigenvalue weighted by molar-refractivity contribution is 5.93. The van der Waals surface area contributed by atoms with Crippen LogP contribution in [-0.2, 0) is 9.59 Å². The Morgan fingerprint density at radius 3 is 2.25 bits per heavy atom. The molecule has 0 aromatic heterocycles. The minimum Gasteiger partial charge on any atom is -0.342 e. The van der Waals surface area contributed by atoms with Gasteiger partial charge in [-0.25, -0.2) is 4.39 Å². The molecular weight excluding hydrogens is 355 g/mol. The van der Waals surface area contributed by atoms with Crippen LogP contribution < -0.4 is 5.32 Å². The summed E-state index contributed by atoms with van der Waals surface area (Å²) in [4.78, 5) is 26.5. The number of carbonyl (C=O) groups excluding carboxylic acids is 2. The van der Waals surface area contributed by atoms with Gasteiger partial charge in [-0.3, -0.25) is 9.59 Å². The molecule has 1 fully saturated rings. The van der Waals surface area contributed by atoms with Crippen LogP contribution in [-0.4, -0.2) is 29.8 Å². The Bertz CT molecular complexity index is 603. The maximum Gasteiger partial charge on any atom is 0.229 e. The first-order chi connectivity index (χ1) is 13.6. The third kappa shape index (κ3) is 7.99. The number of hydrogen-bond donors (Lipinski definition) is 1. The number of likely N-dealkylation sites (tertiary alicyclic amines) is 1. The van der Waals surface area contributed by atoms with Crippen LogP contribution in [0.4, 0.5) is 10.1 Å². The molecular formula is C23H35FN2O2. The van der Waals surface area contributed by atoms with E-state index >= 15 is 0 Å². The maximum absolute atomic E-state index is 12.9. The second-order valence-corrected chi connectivity index (χ2v) is 7.90. The Kier molecular flexibility index (Phi) is 10.0. The molecule has 1 heterocycles. The molecule has 1 N–H and O–H groups in total. The molecule has 2 amide bonds. The third-order valence-corrected chi connectivity index (χ3v) is 5.52. The molecule has 4 nitrogen and oxygen atoms in total. The third-order valence-electron chi connectivity index (χ3n) is 5.52. The smallest absolute Gasteiger partial charge is 0.229 e. The molecule has 0 aliphatic carbocycles. The molecule has 1 unspecified atom stereocenters. The zero-order valence-corrected chi connectivity index (χ0v) is 17.2. The molecule has 1 aromatic rings. The quantitative estimate of drug-likeness (QED) is 0.477. The summed E-state index contributed by atoms with van der Waals surface area (Å²) in [6.45, 7) is 3.37. The number of nitrogens with one attached hydrogen (secondary N) is 1. The Balaban J connectivity index is 1.57. The highest BCUT2D eigenvalue weighted by atomic mass is 19.1. The minimum absolute atomic E-state index is 0.0926. The lowest BCUT2D eigenvalue weighted by Gasteiger charge is -2.16. The predicted molar refractivity (Wildman–Crippen MR) is 112 cm³/mol. The monoisotopic (exact) mass is 390 g/mol. The van der Waals surface area contributed by atoms with Crippen molar-refractivity contribution < 1.29 is 14.0 Å². The van der Waals surface area contributed by atoms with Gasteiger partial charge < -0.3 is 10.2 Å². The number of carbonyl (C=O) groups is 2. The van der Waals surface area contributed by atoms with E-state index < -0.39 is 0 Å². The van der Waals surface area contributed by atoms with Gasteiger partial charge in [0.1, 0.15) is 5.82 Å². The largest absolute Gasteiger partial charge is 0.342 e. The zero-order valence-electron chi connectivity index (χ0n) is 17.2. The van der Waals surface area contributed by atoms with Gasteiger partial charge in [0, 0.05) is 25.2 Å². The summed E-state index contributed by atoms with van der Waals surface area (Å²) >= 11 is 0. The van der Waals surface area contributed by atoms with Crippen LogP contribution >= 0.6 is 0 Å². The van der Waals surface area contributed by atoms with Crippen molar-refractivity contribution in [3.05, 3.63) is 30.1 Å². The number of amides is 2. The van der Waals surface area contributed by atoms with E-state index in [9.17, 15) is 14.0 Å². The van der Waals surface area contributed by atoms with Crippen LogP contribution in [0.15, 0.2) is 24.3 Å². The second kappa shape index (κ2) is 12.5. The highest BCUT2D eigenvalue weighted by Crippen LogP contribution is 2.20. The summed E-state index contributed by atoms with van der Waals surface area (Å²) in [5, 5.41) is 2.81. The normalized spacial score (nSPS) is 16.4. The number of anilines is 1. The summed E-state index contributed by atoms with van der Waals surface area (Å²) in [7, 11) is 0. The molecule has 1 atom stereocenters. The molecule has 156 valence electrons. The van der Waals surface area contributed by atoms with Crippen molar-refractivity contribution in [2.75, 3.05) is 18.4 Å². The molecule has 28 heavy (non-hydrogen) atoms. The Morgan fingerprint density at radius 1 is 1.00 bits per heavy atom. The van der Waals surface area contributed by atoms with Gasteiger partial charge in [0.05, 0.1) is 5.92 Å². The average Bonchev–Trinajstić information content (AvgIpc) is 3.19. The van der Waals surface area contributed by atoms with E-state index in [1.54, 1.807) is 12.1 Å². The summed E-state index contributed by atoms with van der Waals surface area (Å²) in [5.74, 6) is -0.436. The zero-order chi connectivity index (χ0) is 20.2. The average molecular weight is 391 g/mol. The van der Waals surface area contributed by atoms with Crippen molar-refractivity contribution in [2.45, 2.75) is 77.6 Å². The highest BCUT2D eigenvalue weighted by Gasteiger charge is 2.30. The van der Waals surface area contributed by atoms with Crippen molar-refractivity contribution in [3.63, 3.8) is 0 Å². The fourth-order valence-corrected chi connectivity index (χ4v) is 3.72. The molecule has 1 aliphatic rings. The van der Waals surface area contributed by atoms with Gasteiger partial charge >= 0.3 is 0 Å². The molecule has 0 radical (unpaired) electrons. The molecule has 1 aliphatic heterocycles. The van der Waals surface area contributed by atoms with E-state index in [1.807, 2.05) is 4.90 Å². The van der Waals surface area contributed by atoms with Crippen LogP contribution in [0, 0.1) is 11.7 Å². The lowest BCUT2D eigenvalue weighted by molar-refractivity contribution is -0.130. The van der Waals surface area contributed by atoms with Crippen LogP contribution in [0.1, 0.15) is 77.6 Å². The summed E-state index contributed by atoms with van der Waals surface area (Å²) < 4.78 is 12.9. The van der Waals surface area contributed by atoms with Crippen LogP contribution in [0.25, 0.3) is 0 Å². The molecule has 0 bridgehead atoms. The number of unbranched alkanes of at least 4 members (excludes halogenated alkanes) is 8. The van der Waals surface area contributed by atoms with Crippen LogP contribution in [0.3, 0.4) is 0 Å². The van der Waals surface area contributed by atoms with Gasteiger partial charge in [-0.15, -0.1) is 0 Å². The van der Waals surface area contributed by atoms with E-state index in [4.69, 9.17) is 0 Å². The SMILES string of the molecule is CCCCCCCCCCCC(=O)N1CCC(C(=O)Nc2ccc(F)cc2)C1. The minimum atomic E-state index is -0.327. The van der Waals surface area contributed by atoms with Crippen molar-refractivity contribution in [1.82, 2.24) is 4.90 Å². The maximum atomic E-state index is 12.9. The molecule has 0 spiro atoms. The lowest BCUT2D eigenvalue weighted by Crippen LogP contribution is -2.31. The van der Waals surface area contributed by atoms with Crippen molar-refractivity contribution in [1.29, 1.82) is 0 Å². The van der Waals surface area contributed by atoms with Gasteiger partial charge in [0.2, 0.25) is 11.8 Å². The second-order valence-electron chi connectivity index (χ2n) is 7.90. The van der Waals surface area contributed by atoms with Crippen LogP contribution in [0.5, 0.6) is 0 Å². The van der Waals surface area contributed by atoms with Crippen LogP contribution in [0.2, 0.25) is 0 Å². The van der Waals surface area contributed by atoms with E-state index in [-0.39, 0.29) is 23.5 Å². The molecule has 1 aromatic carbocycles. The summed E-state index contributed by atoms with van der Waals surface area (Å²) in [5.41, 5.74) is 0.589. The molecule has 0 saturated carbocycles. The number of halogens is 1. The van der Waals surface area contributed by atoms with Crippen molar-refractivity contribution in [3.8, 4) is 0 Å².